The van der Waals surface area contributed by atoms with Gasteiger partial charge in [0, 0.05) is 44.3 Å². The second-order valence-electron chi connectivity index (χ2n) is 3.23. The third kappa shape index (κ3) is 4.31. The van der Waals surface area contributed by atoms with Crippen LogP contribution in [0.2, 0.25) is 0 Å². The second kappa shape index (κ2) is 6.65. The summed E-state index contributed by atoms with van der Waals surface area (Å²) in [7, 11) is 0. The lowest BCUT2D eigenvalue weighted by atomic mass is 10.3. The van der Waals surface area contributed by atoms with Crippen molar-refractivity contribution in [1.29, 1.82) is 0 Å². The number of nitrogens with two attached hydrogens (primary N) is 1. The summed E-state index contributed by atoms with van der Waals surface area (Å²) in [5.74, 6) is 2.51. The largest absolute Gasteiger partial charge is 0.376 e. The molecule has 0 aliphatic carbocycles. The van der Waals surface area contributed by atoms with Gasteiger partial charge in [0.2, 0.25) is 0 Å². The normalized spacial score (nSPS) is 21.7. The first-order valence-corrected chi connectivity index (χ1v) is 6.14. The van der Waals surface area contributed by atoms with Crippen LogP contribution in [0.15, 0.2) is 0 Å². The van der Waals surface area contributed by atoms with Crippen LogP contribution in [-0.2, 0) is 4.74 Å². The molecular weight excluding hydrogens is 184 g/mol. The maximum atomic E-state index is 5.62. The Balaban J connectivity index is 2.18. The first-order valence-electron chi connectivity index (χ1n) is 4.98. The third-order valence-electron chi connectivity index (χ3n) is 2.23. The van der Waals surface area contributed by atoms with E-state index in [0.29, 0.717) is 6.54 Å². The zero-order chi connectivity index (χ0) is 9.52. The number of nitrogens with zero attached hydrogens (tertiary/aromatic N) is 1. The summed E-state index contributed by atoms with van der Waals surface area (Å²) in [6.07, 6.45) is 0.230. The SMILES string of the molecule is CCOC(CN)CN1CCSCC1. The van der Waals surface area contributed by atoms with Crippen molar-refractivity contribution in [3.05, 3.63) is 0 Å². The van der Waals surface area contributed by atoms with Crippen LogP contribution < -0.4 is 5.73 Å². The topological polar surface area (TPSA) is 38.5 Å². The lowest BCUT2D eigenvalue weighted by Crippen LogP contribution is -2.42. The molecule has 0 bridgehead atoms. The number of ether oxygens (including phenoxy) is 1. The number of hydrogen-bond donors (Lipinski definition) is 1. The Kier molecular flexibility index (Phi) is 5.78. The van der Waals surface area contributed by atoms with Gasteiger partial charge in [0.1, 0.15) is 0 Å². The zero-order valence-corrected chi connectivity index (χ0v) is 9.18. The van der Waals surface area contributed by atoms with Crippen molar-refractivity contribution in [3.8, 4) is 0 Å². The van der Waals surface area contributed by atoms with E-state index < -0.39 is 0 Å². The quantitative estimate of drug-likeness (QED) is 0.703. The van der Waals surface area contributed by atoms with E-state index in [2.05, 4.69) is 4.90 Å². The molecule has 0 aromatic rings. The van der Waals surface area contributed by atoms with Crippen molar-refractivity contribution < 1.29 is 4.74 Å². The van der Waals surface area contributed by atoms with Gasteiger partial charge in [-0.2, -0.15) is 11.8 Å². The van der Waals surface area contributed by atoms with Gasteiger partial charge in [0.15, 0.2) is 0 Å². The van der Waals surface area contributed by atoms with E-state index in [9.17, 15) is 0 Å². The maximum absolute atomic E-state index is 5.62. The van der Waals surface area contributed by atoms with Crippen molar-refractivity contribution in [2.75, 3.05) is 44.3 Å². The van der Waals surface area contributed by atoms with Gasteiger partial charge in [-0.05, 0) is 6.92 Å². The van der Waals surface area contributed by atoms with Crippen LogP contribution in [0.1, 0.15) is 6.92 Å². The highest BCUT2D eigenvalue weighted by Gasteiger charge is 2.15. The van der Waals surface area contributed by atoms with Gasteiger partial charge in [-0.25, -0.2) is 0 Å². The van der Waals surface area contributed by atoms with Crippen LogP contribution in [0.3, 0.4) is 0 Å². The third-order valence-corrected chi connectivity index (χ3v) is 3.17. The molecule has 1 fully saturated rings. The van der Waals surface area contributed by atoms with E-state index in [1.165, 1.54) is 24.6 Å². The van der Waals surface area contributed by atoms with E-state index in [4.69, 9.17) is 10.5 Å². The molecule has 0 radical (unpaired) electrons. The van der Waals surface area contributed by atoms with Crippen LogP contribution in [0.25, 0.3) is 0 Å². The zero-order valence-electron chi connectivity index (χ0n) is 8.37. The molecule has 1 unspecified atom stereocenters. The summed E-state index contributed by atoms with van der Waals surface area (Å²) < 4.78 is 5.52. The molecule has 78 valence electrons. The Bertz CT molecular complexity index is 126. The van der Waals surface area contributed by atoms with Crippen LogP contribution in [0.5, 0.6) is 0 Å². The van der Waals surface area contributed by atoms with Crippen LogP contribution in [0, 0.1) is 0 Å². The molecule has 1 aliphatic heterocycles. The predicted molar refractivity (Wildman–Crippen MR) is 58.2 cm³/mol. The molecule has 1 heterocycles. The molecule has 13 heavy (non-hydrogen) atoms. The number of thioether (sulfide) groups is 1. The van der Waals surface area contributed by atoms with Gasteiger partial charge >= 0.3 is 0 Å². The molecule has 0 spiro atoms. The summed E-state index contributed by atoms with van der Waals surface area (Å²) >= 11 is 2.03. The van der Waals surface area contributed by atoms with Gasteiger partial charge in [0.05, 0.1) is 6.10 Å². The summed E-state index contributed by atoms with van der Waals surface area (Å²) in [6.45, 7) is 6.81. The molecule has 1 rings (SSSR count). The Hall–Kier alpha value is 0.230. The van der Waals surface area contributed by atoms with Crippen LogP contribution >= 0.6 is 11.8 Å². The minimum atomic E-state index is 0.230. The summed E-state index contributed by atoms with van der Waals surface area (Å²) in [5, 5.41) is 0. The van der Waals surface area contributed by atoms with Crippen LogP contribution in [-0.4, -0.2) is 55.3 Å². The van der Waals surface area contributed by atoms with E-state index >= 15 is 0 Å². The number of rotatable bonds is 5. The molecule has 0 aromatic heterocycles. The van der Waals surface area contributed by atoms with Crippen molar-refractivity contribution in [1.82, 2.24) is 4.90 Å². The minimum Gasteiger partial charge on any atom is -0.376 e. The highest BCUT2D eigenvalue weighted by Crippen LogP contribution is 2.09. The molecule has 3 nitrogen and oxygen atoms in total. The van der Waals surface area contributed by atoms with Crippen molar-refractivity contribution >= 4 is 11.8 Å². The Morgan fingerprint density at radius 3 is 2.69 bits per heavy atom. The molecule has 0 saturated carbocycles. The van der Waals surface area contributed by atoms with E-state index in [1.54, 1.807) is 0 Å². The molecule has 0 amide bonds. The smallest absolute Gasteiger partial charge is 0.0823 e. The van der Waals surface area contributed by atoms with Crippen molar-refractivity contribution in [2.24, 2.45) is 5.73 Å². The summed E-state index contributed by atoms with van der Waals surface area (Å²) in [4.78, 5) is 2.45. The Morgan fingerprint density at radius 2 is 2.15 bits per heavy atom. The molecule has 1 saturated heterocycles. The van der Waals surface area contributed by atoms with E-state index in [0.717, 1.165) is 13.2 Å². The fraction of sp³-hybridized carbons (Fsp3) is 1.00. The highest BCUT2D eigenvalue weighted by molar-refractivity contribution is 7.99. The predicted octanol–water partition coefficient (Wildman–Crippen LogP) is 0.399. The van der Waals surface area contributed by atoms with Crippen molar-refractivity contribution in [3.63, 3.8) is 0 Å². The van der Waals surface area contributed by atoms with E-state index in [-0.39, 0.29) is 6.10 Å². The first-order chi connectivity index (χ1) is 6.36. The van der Waals surface area contributed by atoms with Gasteiger partial charge in [-0.3, -0.25) is 4.90 Å². The second-order valence-corrected chi connectivity index (χ2v) is 4.45. The average Bonchev–Trinajstić information content (AvgIpc) is 2.19. The van der Waals surface area contributed by atoms with Gasteiger partial charge in [-0.15, -0.1) is 0 Å². The van der Waals surface area contributed by atoms with E-state index in [1.807, 2.05) is 18.7 Å². The van der Waals surface area contributed by atoms with Crippen LogP contribution in [0.4, 0.5) is 0 Å². The van der Waals surface area contributed by atoms with Gasteiger partial charge in [0.25, 0.3) is 0 Å². The molecular formula is C9H20N2OS. The molecule has 0 aromatic carbocycles. The Morgan fingerprint density at radius 1 is 1.46 bits per heavy atom. The fourth-order valence-electron chi connectivity index (χ4n) is 1.50. The first kappa shape index (κ1) is 11.3. The summed E-state index contributed by atoms with van der Waals surface area (Å²) in [6, 6.07) is 0. The average molecular weight is 204 g/mol. The van der Waals surface area contributed by atoms with Gasteiger partial charge in [-0.1, -0.05) is 0 Å². The fourth-order valence-corrected chi connectivity index (χ4v) is 2.48. The number of hydrogen-bond acceptors (Lipinski definition) is 4. The summed E-state index contributed by atoms with van der Waals surface area (Å²) in [5.41, 5.74) is 5.62. The monoisotopic (exact) mass is 204 g/mol. The standard InChI is InChI=1S/C9H20N2OS/c1-2-12-9(7-10)8-11-3-5-13-6-4-11/h9H,2-8,10H2,1H3. The highest BCUT2D eigenvalue weighted by atomic mass is 32.2. The van der Waals surface area contributed by atoms with Crippen molar-refractivity contribution in [2.45, 2.75) is 13.0 Å². The lowest BCUT2D eigenvalue weighted by molar-refractivity contribution is 0.0416. The van der Waals surface area contributed by atoms with Gasteiger partial charge < -0.3 is 10.5 Å². The maximum Gasteiger partial charge on any atom is 0.0823 e. The molecule has 4 heteroatoms. The molecule has 1 aliphatic rings. The Labute approximate surface area is 85.0 Å². The minimum absolute atomic E-state index is 0.230. The molecule has 2 N–H and O–H groups in total. The molecule has 1 atom stereocenters. The lowest BCUT2D eigenvalue weighted by Gasteiger charge is -2.29.